The number of carbonyl (C=O) groups excluding carboxylic acids is 1. The normalized spacial score (nSPS) is 11.2. The van der Waals surface area contributed by atoms with Crippen molar-refractivity contribution in [3.8, 4) is 0 Å². The highest BCUT2D eigenvalue weighted by molar-refractivity contribution is 8.00. The molecule has 26 heavy (non-hydrogen) atoms. The molecule has 0 aliphatic carbocycles. The molecule has 0 aliphatic heterocycles. The Morgan fingerprint density at radius 1 is 1.15 bits per heavy atom. The van der Waals surface area contributed by atoms with Gasteiger partial charge in [0, 0.05) is 17.9 Å². The minimum atomic E-state index is -0.00543. The van der Waals surface area contributed by atoms with Gasteiger partial charge in [-0.05, 0) is 56.9 Å². The number of amides is 1. The topological polar surface area (TPSA) is 45.2 Å². The molecule has 136 valence electrons. The van der Waals surface area contributed by atoms with Gasteiger partial charge in [0.25, 0.3) is 5.91 Å². The van der Waals surface area contributed by atoms with E-state index in [-0.39, 0.29) is 5.91 Å². The highest BCUT2D eigenvalue weighted by Gasteiger charge is 2.07. The number of thioether (sulfide) groups is 1. The maximum Gasteiger partial charge on any atom is 0.251 e. The molecule has 0 aliphatic rings. The molecular weight excluding hydrogens is 362 g/mol. The maximum atomic E-state index is 12.1. The summed E-state index contributed by atoms with van der Waals surface area (Å²) in [6.07, 6.45) is 0.954. The van der Waals surface area contributed by atoms with Gasteiger partial charge < -0.3 is 10.2 Å². The second-order valence-electron chi connectivity index (χ2n) is 6.35. The van der Waals surface area contributed by atoms with Gasteiger partial charge in [0.2, 0.25) is 0 Å². The Balaban J connectivity index is 1.50. The fraction of sp³-hybridized carbons (Fsp3) is 0.300. The fourth-order valence-electron chi connectivity index (χ4n) is 2.51. The summed E-state index contributed by atoms with van der Waals surface area (Å²) in [4.78, 5) is 18.9. The highest BCUT2D eigenvalue weighted by Crippen LogP contribution is 2.31. The van der Waals surface area contributed by atoms with Crippen molar-refractivity contribution in [2.24, 2.45) is 0 Å². The van der Waals surface area contributed by atoms with Gasteiger partial charge in [-0.15, -0.1) is 11.3 Å². The molecule has 0 unspecified atom stereocenters. The first-order chi connectivity index (χ1) is 12.6. The third kappa shape index (κ3) is 5.30. The fourth-order valence-corrected chi connectivity index (χ4v) is 4.53. The van der Waals surface area contributed by atoms with E-state index < -0.39 is 0 Å². The summed E-state index contributed by atoms with van der Waals surface area (Å²) in [5.74, 6) is 0.846. The number of hydrogen-bond donors (Lipinski definition) is 1. The molecule has 6 heteroatoms. The zero-order chi connectivity index (χ0) is 18.4. The van der Waals surface area contributed by atoms with E-state index in [1.165, 1.54) is 10.3 Å². The van der Waals surface area contributed by atoms with Crippen LogP contribution in [0, 0.1) is 0 Å². The summed E-state index contributed by atoms with van der Waals surface area (Å²) in [6.45, 7) is 1.68. The molecule has 3 aromatic rings. The zero-order valence-electron chi connectivity index (χ0n) is 15.1. The molecule has 0 atom stereocenters. The van der Waals surface area contributed by atoms with Gasteiger partial charge in [-0.25, -0.2) is 4.98 Å². The first-order valence-electron chi connectivity index (χ1n) is 8.62. The van der Waals surface area contributed by atoms with E-state index in [0.29, 0.717) is 12.1 Å². The lowest BCUT2D eigenvalue weighted by atomic mass is 10.1. The van der Waals surface area contributed by atoms with Crippen LogP contribution in [-0.2, 0) is 5.75 Å². The van der Waals surface area contributed by atoms with Crippen LogP contribution < -0.4 is 5.32 Å². The summed E-state index contributed by atoms with van der Waals surface area (Å²) >= 11 is 3.46. The number of thiazole rings is 1. The van der Waals surface area contributed by atoms with Crippen molar-refractivity contribution >= 4 is 39.2 Å². The lowest BCUT2D eigenvalue weighted by Gasteiger charge is -2.10. The summed E-state index contributed by atoms with van der Waals surface area (Å²) < 4.78 is 2.30. The lowest BCUT2D eigenvalue weighted by molar-refractivity contribution is 0.0952. The van der Waals surface area contributed by atoms with E-state index in [4.69, 9.17) is 0 Å². The molecule has 1 N–H and O–H groups in total. The van der Waals surface area contributed by atoms with Crippen molar-refractivity contribution in [3.05, 3.63) is 59.7 Å². The Morgan fingerprint density at radius 2 is 1.92 bits per heavy atom. The molecule has 1 aromatic heterocycles. The Labute approximate surface area is 162 Å². The Bertz CT molecular complexity index is 826. The third-order valence-corrected chi connectivity index (χ3v) is 6.17. The lowest BCUT2D eigenvalue weighted by Crippen LogP contribution is -2.27. The molecule has 1 heterocycles. The minimum absolute atomic E-state index is 0.00543. The largest absolute Gasteiger partial charge is 0.352 e. The van der Waals surface area contributed by atoms with Gasteiger partial charge in [0.15, 0.2) is 4.34 Å². The molecule has 0 saturated carbocycles. The molecule has 0 radical (unpaired) electrons. The number of fused-ring (bicyclic) bond motifs is 1. The molecule has 1 amide bonds. The molecule has 0 bridgehead atoms. The van der Waals surface area contributed by atoms with Crippen LogP contribution in [0.15, 0.2) is 52.9 Å². The number of carbonyl (C=O) groups is 1. The minimum Gasteiger partial charge on any atom is -0.352 e. The summed E-state index contributed by atoms with van der Waals surface area (Å²) in [5, 5.41) is 2.97. The van der Waals surface area contributed by atoms with Crippen molar-refractivity contribution in [1.82, 2.24) is 15.2 Å². The summed E-state index contributed by atoms with van der Waals surface area (Å²) in [5.41, 5.74) is 2.96. The number of rotatable bonds is 8. The Hall–Kier alpha value is -1.89. The van der Waals surface area contributed by atoms with Gasteiger partial charge in [0.05, 0.1) is 10.2 Å². The van der Waals surface area contributed by atoms with Crippen molar-refractivity contribution in [2.75, 3.05) is 27.2 Å². The second kappa shape index (κ2) is 9.16. The molecule has 0 saturated heterocycles. The van der Waals surface area contributed by atoms with E-state index in [0.717, 1.165) is 28.6 Å². The molecule has 3 rings (SSSR count). The number of nitrogens with one attached hydrogen (secondary N) is 1. The van der Waals surface area contributed by atoms with Gasteiger partial charge in [-0.1, -0.05) is 36.0 Å². The van der Waals surface area contributed by atoms with E-state index in [2.05, 4.69) is 21.3 Å². The predicted molar refractivity (Wildman–Crippen MR) is 111 cm³/mol. The van der Waals surface area contributed by atoms with Crippen molar-refractivity contribution in [2.45, 2.75) is 16.5 Å². The third-order valence-electron chi connectivity index (χ3n) is 3.92. The maximum absolute atomic E-state index is 12.1. The number of nitrogens with zero attached hydrogens (tertiary/aromatic N) is 2. The van der Waals surface area contributed by atoms with Gasteiger partial charge >= 0.3 is 0 Å². The van der Waals surface area contributed by atoms with E-state index >= 15 is 0 Å². The van der Waals surface area contributed by atoms with Crippen LogP contribution in [0.25, 0.3) is 10.2 Å². The SMILES string of the molecule is CN(C)CCCNC(=O)c1ccc(CSc2nc3ccccc3s2)cc1. The monoisotopic (exact) mass is 385 g/mol. The number of hydrogen-bond acceptors (Lipinski definition) is 5. The van der Waals surface area contributed by atoms with Crippen LogP contribution in [0.3, 0.4) is 0 Å². The molecule has 0 fully saturated rings. The van der Waals surface area contributed by atoms with Crippen LogP contribution in [-0.4, -0.2) is 43.0 Å². The molecular formula is C20H23N3OS2. The zero-order valence-corrected chi connectivity index (χ0v) is 16.7. The smallest absolute Gasteiger partial charge is 0.251 e. The first-order valence-corrected chi connectivity index (χ1v) is 10.4. The standard InChI is InChI=1S/C20H23N3OS2/c1-23(2)13-5-12-21-19(24)16-10-8-15(9-11-16)14-25-20-22-17-6-3-4-7-18(17)26-20/h3-4,6-11H,5,12-14H2,1-2H3,(H,21,24). The quantitative estimate of drug-likeness (QED) is 0.465. The molecule has 2 aromatic carbocycles. The first kappa shape index (κ1) is 18.9. The van der Waals surface area contributed by atoms with Crippen LogP contribution in [0.2, 0.25) is 0 Å². The van der Waals surface area contributed by atoms with Crippen molar-refractivity contribution in [3.63, 3.8) is 0 Å². The summed E-state index contributed by atoms with van der Waals surface area (Å²) in [7, 11) is 4.07. The van der Waals surface area contributed by atoms with Gasteiger partial charge in [0.1, 0.15) is 0 Å². The number of benzene rings is 2. The number of aromatic nitrogens is 1. The van der Waals surface area contributed by atoms with Crippen molar-refractivity contribution in [1.29, 1.82) is 0 Å². The van der Waals surface area contributed by atoms with Crippen LogP contribution in [0.4, 0.5) is 0 Å². The predicted octanol–water partition coefficient (Wildman–Crippen LogP) is 4.27. The van der Waals surface area contributed by atoms with Crippen LogP contribution in [0.5, 0.6) is 0 Å². The van der Waals surface area contributed by atoms with E-state index in [9.17, 15) is 4.79 Å². The van der Waals surface area contributed by atoms with E-state index in [1.54, 1.807) is 23.1 Å². The van der Waals surface area contributed by atoms with Crippen molar-refractivity contribution < 1.29 is 4.79 Å². The molecule has 0 spiro atoms. The average molecular weight is 386 g/mol. The van der Waals surface area contributed by atoms with Gasteiger partial charge in [-0.3, -0.25) is 4.79 Å². The Morgan fingerprint density at radius 3 is 2.65 bits per heavy atom. The second-order valence-corrected chi connectivity index (χ2v) is 8.60. The Kier molecular flexibility index (Phi) is 6.66. The van der Waals surface area contributed by atoms with Crippen LogP contribution in [0.1, 0.15) is 22.3 Å². The summed E-state index contributed by atoms with van der Waals surface area (Å²) in [6, 6.07) is 16.0. The molecule has 4 nitrogen and oxygen atoms in total. The average Bonchev–Trinajstić information content (AvgIpc) is 3.06. The van der Waals surface area contributed by atoms with E-state index in [1.807, 2.05) is 56.6 Å². The number of para-hydroxylation sites is 1. The van der Waals surface area contributed by atoms with Crippen LogP contribution >= 0.6 is 23.1 Å². The highest BCUT2D eigenvalue weighted by atomic mass is 32.2. The van der Waals surface area contributed by atoms with Gasteiger partial charge in [-0.2, -0.15) is 0 Å².